The predicted molar refractivity (Wildman–Crippen MR) is 82.2 cm³/mol. The van der Waals surface area contributed by atoms with Crippen molar-refractivity contribution in [3.05, 3.63) is 18.2 Å². The number of nitrogen functional groups attached to an aromatic ring is 1. The summed E-state index contributed by atoms with van der Waals surface area (Å²) in [5.41, 5.74) is 6.46. The molecule has 20 heavy (non-hydrogen) atoms. The van der Waals surface area contributed by atoms with Crippen molar-refractivity contribution < 1.29 is 14.2 Å². The van der Waals surface area contributed by atoms with Crippen LogP contribution in [0.1, 0.15) is 45.4 Å². The van der Waals surface area contributed by atoms with E-state index in [-0.39, 0.29) is 6.79 Å². The molecule has 0 unspecified atom stereocenters. The summed E-state index contributed by atoms with van der Waals surface area (Å²) >= 11 is 0. The summed E-state index contributed by atoms with van der Waals surface area (Å²) in [4.78, 5) is 0. The van der Waals surface area contributed by atoms with Crippen molar-refractivity contribution in [3.8, 4) is 11.5 Å². The second-order valence-corrected chi connectivity index (χ2v) is 4.87. The largest absolute Gasteiger partial charge is 0.494 e. The molecule has 0 saturated carbocycles. The van der Waals surface area contributed by atoms with Gasteiger partial charge in [-0.25, -0.2) is 0 Å². The topological polar surface area (TPSA) is 53.7 Å². The Bertz CT molecular complexity index is 369. The van der Waals surface area contributed by atoms with Gasteiger partial charge >= 0.3 is 0 Å². The van der Waals surface area contributed by atoms with E-state index < -0.39 is 0 Å². The average molecular weight is 281 g/mol. The number of anilines is 1. The molecule has 1 aromatic carbocycles. The number of unbranched alkanes of at least 4 members (excludes halogenated alkanes) is 5. The SMILES string of the molecule is CCCCCCCCOc1ccc(OCOC)c(N)c1. The maximum absolute atomic E-state index is 5.89. The smallest absolute Gasteiger partial charge is 0.188 e. The third-order valence-corrected chi connectivity index (χ3v) is 3.08. The van der Waals surface area contributed by atoms with Gasteiger partial charge in [-0.2, -0.15) is 0 Å². The van der Waals surface area contributed by atoms with Crippen LogP contribution in [0.4, 0.5) is 5.69 Å². The maximum Gasteiger partial charge on any atom is 0.188 e. The van der Waals surface area contributed by atoms with Crippen molar-refractivity contribution in [2.75, 3.05) is 26.2 Å². The Morgan fingerprint density at radius 2 is 1.75 bits per heavy atom. The third-order valence-electron chi connectivity index (χ3n) is 3.08. The van der Waals surface area contributed by atoms with Crippen LogP contribution in [0, 0.1) is 0 Å². The molecule has 0 spiro atoms. The van der Waals surface area contributed by atoms with Gasteiger partial charge in [0.2, 0.25) is 0 Å². The van der Waals surface area contributed by atoms with Gasteiger partial charge in [-0.15, -0.1) is 0 Å². The van der Waals surface area contributed by atoms with Crippen molar-refractivity contribution in [2.24, 2.45) is 0 Å². The summed E-state index contributed by atoms with van der Waals surface area (Å²) in [5, 5.41) is 0. The van der Waals surface area contributed by atoms with E-state index in [1.165, 1.54) is 32.1 Å². The van der Waals surface area contributed by atoms with Crippen LogP contribution in [-0.2, 0) is 4.74 Å². The lowest BCUT2D eigenvalue weighted by Gasteiger charge is -2.10. The standard InChI is InChI=1S/C16H27NO3/c1-3-4-5-6-7-8-11-19-14-9-10-16(15(17)12-14)20-13-18-2/h9-10,12H,3-8,11,13,17H2,1-2H3. The Kier molecular flexibility index (Phi) is 8.63. The second-order valence-electron chi connectivity index (χ2n) is 4.87. The lowest BCUT2D eigenvalue weighted by Crippen LogP contribution is -2.03. The molecule has 2 N–H and O–H groups in total. The zero-order valence-electron chi connectivity index (χ0n) is 12.7. The van der Waals surface area contributed by atoms with E-state index in [1.807, 2.05) is 12.1 Å². The zero-order valence-corrected chi connectivity index (χ0v) is 12.7. The molecule has 0 radical (unpaired) electrons. The molecule has 0 atom stereocenters. The van der Waals surface area contributed by atoms with Crippen molar-refractivity contribution in [1.82, 2.24) is 0 Å². The van der Waals surface area contributed by atoms with E-state index in [4.69, 9.17) is 19.9 Å². The van der Waals surface area contributed by atoms with Crippen LogP contribution in [0.3, 0.4) is 0 Å². The molecule has 0 heterocycles. The second kappa shape index (κ2) is 10.4. The van der Waals surface area contributed by atoms with Crippen LogP contribution in [-0.4, -0.2) is 20.5 Å². The van der Waals surface area contributed by atoms with Gasteiger partial charge in [0.1, 0.15) is 11.5 Å². The van der Waals surface area contributed by atoms with E-state index in [9.17, 15) is 0 Å². The minimum absolute atomic E-state index is 0.197. The highest BCUT2D eigenvalue weighted by atomic mass is 16.7. The summed E-state index contributed by atoms with van der Waals surface area (Å²) in [5.74, 6) is 1.42. The van der Waals surface area contributed by atoms with E-state index in [0.717, 1.165) is 18.8 Å². The van der Waals surface area contributed by atoms with Crippen molar-refractivity contribution in [2.45, 2.75) is 45.4 Å². The molecule has 4 heteroatoms. The Labute approximate surface area is 122 Å². The first-order valence-electron chi connectivity index (χ1n) is 7.42. The summed E-state index contributed by atoms with van der Waals surface area (Å²) in [6.45, 7) is 3.17. The minimum atomic E-state index is 0.197. The lowest BCUT2D eigenvalue weighted by molar-refractivity contribution is 0.0516. The van der Waals surface area contributed by atoms with Gasteiger partial charge in [-0.05, 0) is 18.6 Å². The van der Waals surface area contributed by atoms with Gasteiger partial charge in [0.25, 0.3) is 0 Å². The molecule has 114 valence electrons. The molecule has 1 rings (SSSR count). The van der Waals surface area contributed by atoms with E-state index in [0.29, 0.717) is 11.4 Å². The first-order chi connectivity index (χ1) is 9.77. The monoisotopic (exact) mass is 281 g/mol. The molecule has 4 nitrogen and oxygen atoms in total. The lowest BCUT2D eigenvalue weighted by atomic mass is 10.1. The Morgan fingerprint density at radius 3 is 2.45 bits per heavy atom. The molecule has 0 aliphatic heterocycles. The van der Waals surface area contributed by atoms with Crippen LogP contribution >= 0.6 is 0 Å². The van der Waals surface area contributed by atoms with Crippen LogP contribution in [0.25, 0.3) is 0 Å². The van der Waals surface area contributed by atoms with Crippen molar-refractivity contribution in [3.63, 3.8) is 0 Å². The molecular formula is C16H27NO3. The first kappa shape index (κ1) is 16.6. The molecule has 0 aliphatic rings. The van der Waals surface area contributed by atoms with Gasteiger partial charge in [0, 0.05) is 13.2 Å². The molecule has 0 amide bonds. The minimum Gasteiger partial charge on any atom is -0.494 e. The van der Waals surface area contributed by atoms with E-state index in [1.54, 1.807) is 13.2 Å². The number of rotatable bonds is 11. The number of hydrogen-bond donors (Lipinski definition) is 1. The molecule has 1 aromatic rings. The van der Waals surface area contributed by atoms with Gasteiger partial charge in [-0.3, -0.25) is 0 Å². The summed E-state index contributed by atoms with van der Waals surface area (Å²) in [6, 6.07) is 5.48. The summed E-state index contributed by atoms with van der Waals surface area (Å²) < 4.78 is 15.8. The predicted octanol–water partition coefficient (Wildman–Crippen LogP) is 3.99. The highest BCUT2D eigenvalue weighted by molar-refractivity contribution is 5.56. The molecule has 0 aliphatic carbocycles. The summed E-state index contributed by atoms with van der Waals surface area (Å²) in [7, 11) is 1.58. The fraction of sp³-hybridized carbons (Fsp3) is 0.625. The Hall–Kier alpha value is -1.42. The number of methoxy groups -OCH3 is 1. The van der Waals surface area contributed by atoms with Crippen molar-refractivity contribution >= 4 is 5.69 Å². The van der Waals surface area contributed by atoms with Crippen molar-refractivity contribution in [1.29, 1.82) is 0 Å². The van der Waals surface area contributed by atoms with Crippen LogP contribution in [0.2, 0.25) is 0 Å². The van der Waals surface area contributed by atoms with Gasteiger partial charge < -0.3 is 19.9 Å². The van der Waals surface area contributed by atoms with Crippen LogP contribution in [0.5, 0.6) is 11.5 Å². The summed E-state index contributed by atoms with van der Waals surface area (Å²) in [6.07, 6.45) is 7.56. The maximum atomic E-state index is 5.89. The molecule has 0 fully saturated rings. The van der Waals surface area contributed by atoms with Gasteiger partial charge in [-0.1, -0.05) is 39.0 Å². The number of hydrogen-bond acceptors (Lipinski definition) is 4. The first-order valence-corrected chi connectivity index (χ1v) is 7.42. The Morgan fingerprint density at radius 1 is 1.00 bits per heavy atom. The number of benzene rings is 1. The number of ether oxygens (including phenoxy) is 3. The highest BCUT2D eigenvalue weighted by Crippen LogP contribution is 2.26. The Balaban J connectivity index is 2.22. The van der Waals surface area contributed by atoms with E-state index in [2.05, 4.69) is 6.92 Å². The number of nitrogens with two attached hydrogens (primary N) is 1. The van der Waals surface area contributed by atoms with Crippen LogP contribution < -0.4 is 15.2 Å². The third kappa shape index (κ3) is 6.66. The normalized spacial score (nSPS) is 10.5. The molecule has 0 saturated heterocycles. The highest BCUT2D eigenvalue weighted by Gasteiger charge is 2.02. The fourth-order valence-electron chi connectivity index (χ4n) is 1.94. The fourth-order valence-corrected chi connectivity index (χ4v) is 1.94. The van der Waals surface area contributed by atoms with Crippen LogP contribution in [0.15, 0.2) is 18.2 Å². The zero-order chi connectivity index (χ0) is 14.6. The average Bonchev–Trinajstić information content (AvgIpc) is 2.45. The molecule has 0 aromatic heterocycles. The molecular weight excluding hydrogens is 254 g/mol. The molecule has 0 bridgehead atoms. The quantitative estimate of drug-likeness (QED) is 0.378. The van der Waals surface area contributed by atoms with Gasteiger partial charge in [0.15, 0.2) is 6.79 Å². The van der Waals surface area contributed by atoms with E-state index >= 15 is 0 Å². The van der Waals surface area contributed by atoms with Gasteiger partial charge in [0.05, 0.1) is 12.3 Å².